The Morgan fingerprint density at radius 3 is 2.38 bits per heavy atom. The molecule has 1 amide bonds. The summed E-state index contributed by atoms with van der Waals surface area (Å²) in [6.45, 7) is 4.27. The van der Waals surface area contributed by atoms with E-state index in [0.717, 1.165) is 16.7 Å². The van der Waals surface area contributed by atoms with Crippen LogP contribution in [0.15, 0.2) is 100 Å². The molecule has 0 saturated heterocycles. The van der Waals surface area contributed by atoms with Crippen molar-refractivity contribution >= 4 is 22.6 Å². The molecule has 6 heteroatoms. The third-order valence-corrected chi connectivity index (χ3v) is 7.05. The van der Waals surface area contributed by atoms with Crippen molar-refractivity contribution in [2.45, 2.75) is 26.5 Å². The lowest BCUT2D eigenvalue weighted by atomic mass is 9.97. The molecule has 0 saturated carbocycles. The number of aryl methyl sites for hydroxylation is 2. The molecular formula is C33H27NO5. The van der Waals surface area contributed by atoms with Gasteiger partial charge in [-0.05, 0) is 66.9 Å². The van der Waals surface area contributed by atoms with Crippen molar-refractivity contribution < 1.29 is 18.7 Å². The van der Waals surface area contributed by atoms with Crippen molar-refractivity contribution in [2.75, 3.05) is 12.0 Å². The summed E-state index contributed by atoms with van der Waals surface area (Å²) >= 11 is 0. The highest BCUT2D eigenvalue weighted by Gasteiger charge is 2.44. The Balaban J connectivity index is 1.50. The molecule has 0 N–H and O–H groups in total. The summed E-state index contributed by atoms with van der Waals surface area (Å²) in [6, 6.07) is 27.8. The number of rotatable bonds is 6. The zero-order valence-corrected chi connectivity index (χ0v) is 21.9. The summed E-state index contributed by atoms with van der Waals surface area (Å²) in [5.41, 5.74) is 4.86. The van der Waals surface area contributed by atoms with E-state index in [2.05, 4.69) is 0 Å². The van der Waals surface area contributed by atoms with Gasteiger partial charge in [0.05, 0.1) is 24.1 Å². The van der Waals surface area contributed by atoms with Gasteiger partial charge in [-0.25, -0.2) is 0 Å². The van der Waals surface area contributed by atoms with E-state index < -0.39 is 6.04 Å². The number of ether oxygens (including phenoxy) is 2. The fraction of sp³-hybridized carbons (Fsp3) is 0.152. The first kappa shape index (κ1) is 24.5. The Morgan fingerprint density at radius 2 is 1.62 bits per heavy atom. The Hall–Kier alpha value is -4.84. The fourth-order valence-corrected chi connectivity index (χ4v) is 5.16. The van der Waals surface area contributed by atoms with Crippen molar-refractivity contribution in [2.24, 2.45) is 0 Å². The minimum absolute atomic E-state index is 0.0613. The lowest BCUT2D eigenvalue weighted by molar-refractivity contribution is 0.0971. The van der Waals surface area contributed by atoms with E-state index in [0.29, 0.717) is 45.9 Å². The molecule has 1 unspecified atom stereocenters. The van der Waals surface area contributed by atoms with E-state index in [1.165, 1.54) is 0 Å². The molecule has 0 aliphatic carbocycles. The first-order valence-corrected chi connectivity index (χ1v) is 12.8. The van der Waals surface area contributed by atoms with Gasteiger partial charge in [0.2, 0.25) is 5.76 Å². The zero-order chi connectivity index (χ0) is 27.1. The second-order valence-corrected chi connectivity index (χ2v) is 9.77. The largest absolute Gasteiger partial charge is 0.493 e. The van der Waals surface area contributed by atoms with Gasteiger partial charge < -0.3 is 13.9 Å². The normalized spacial score (nSPS) is 14.5. The van der Waals surface area contributed by atoms with E-state index in [9.17, 15) is 9.59 Å². The number of amides is 1. The molecule has 2 heterocycles. The molecule has 0 bridgehead atoms. The molecule has 1 aliphatic rings. The monoisotopic (exact) mass is 517 g/mol. The second kappa shape index (κ2) is 9.80. The molecule has 1 aromatic heterocycles. The summed E-state index contributed by atoms with van der Waals surface area (Å²) in [4.78, 5) is 29.4. The molecule has 1 aliphatic heterocycles. The number of nitrogens with zero attached hydrogens (tertiary/aromatic N) is 1. The van der Waals surface area contributed by atoms with Crippen LogP contribution < -0.4 is 19.8 Å². The van der Waals surface area contributed by atoms with Gasteiger partial charge in [0.1, 0.15) is 12.2 Å². The molecule has 0 fully saturated rings. The summed E-state index contributed by atoms with van der Waals surface area (Å²) in [5, 5.41) is 0.451. The number of hydrogen-bond donors (Lipinski definition) is 0. The number of benzene rings is 4. The molecule has 4 aromatic carbocycles. The summed E-state index contributed by atoms with van der Waals surface area (Å²) in [7, 11) is 1.57. The Bertz CT molecular complexity index is 1770. The number of carbonyl (C=O) groups excluding carboxylic acids is 1. The van der Waals surface area contributed by atoms with Crippen molar-refractivity contribution in [1.82, 2.24) is 0 Å². The molecule has 194 valence electrons. The number of methoxy groups -OCH3 is 1. The van der Waals surface area contributed by atoms with Gasteiger partial charge in [-0.3, -0.25) is 14.5 Å². The minimum Gasteiger partial charge on any atom is -0.493 e. The first-order valence-electron chi connectivity index (χ1n) is 12.8. The number of fused-ring (bicyclic) bond motifs is 2. The molecule has 5 aromatic rings. The van der Waals surface area contributed by atoms with Crippen LogP contribution in [0.3, 0.4) is 0 Å². The number of carbonyl (C=O) groups is 1. The average molecular weight is 518 g/mol. The van der Waals surface area contributed by atoms with Crippen molar-refractivity contribution in [3.05, 3.63) is 135 Å². The minimum atomic E-state index is -0.701. The van der Waals surface area contributed by atoms with Gasteiger partial charge in [-0.15, -0.1) is 0 Å². The van der Waals surface area contributed by atoms with Gasteiger partial charge in [0.25, 0.3) is 5.91 Å². The standard InChI is InChI=1S/C33H27NO5/c1-20-8-7-11-24(16-20)34-30(29-31(35)25-17-21(2)12-14-26(25)39-32(29)33(34)36)23-13-15-27(28(18-23)37-3)38-19-22-9-5-4-6-10-22/h4-18,30H,19H2,1-3H3. The predicted octanol–water partition coefficient (Wildman–Crippen LogP) is 6.75. The summed E-state index contributed by atoms with van der Waals surface area (Å²) in [6.07, 6.45) is 0. The van der Waals surface area contributed by atoms with Gasteiger partial charge >= 0.3 is 0 Å². The van der Waals surface area contributed by atoms with Gasteiger partial charge in [0.15, 0.2) is 16.9 Å². The first-order chi connectivity index (χ1) is 18.9. The van der Waals surface area contributed by atoms with Crippen LogP contribution in [0.2, 0.25) is 0 Å². The highest BCUT2D eigenvalue weighted by atomic mass is 16.5. The Morgan fingerprint density at radius 1 is 0.821 bits per heavy atom. The highest BCUT2D eigenvalue weighted by molar-refractivity contribution is 6.10. The highest BCUT2D eigenvalue weighted by Crippen LogP contribution is 2.43. The van der Waals surface area contributed by atoms with E-state index in [4.69, 9.17) is 13.9 Å². The van der Waals surface area contributed by atoms with Crippen LogP contribution in [0.5, 0.6) is 11.5 Å². The maximum Gasteiger partial charge on any atom is 0.295 e. The van der Waals surface area contributed by atoms with E-state index in [-0.39, 0.29) is 17.1 Å². The third-order valence-electron chi connectivity index (χ3n) is 7.05. The maximum absolute atomic E-state index is 13.9. The van der Waals surface area contributed by atoms with E-state index in [1.807, 2.05) is 92.7 Å². The van der Waals surface area contributed by atoms with E-state index in [1.54, 1.807) is 24.1 Å². The fourth-order valence-electron chi connectivity index (χ4n) is 5.16. The van der Waals surface area contributed by atoms with Crippen LogP contribution in [0, 0.1) is 13.8 Å². The van der Waals surface area contributed by atoms with Crippen LogP contribution in [-0.4, -0.2) is 13.0 Å². The molecule has 6 rings (SSSR count). The molecule has 1 atom stereocenters. The molecule has 39 heavy (non-hydrogen) atoms. The van der Waals surface area contributed by atoms with Gasteiger partial charge in [0, 0.05) is 5.69 Å². The van der Waals surface area contributed by atoms with Gasteiger partial charge in [-0.2, -0.15) is 0 Å². The van der Waals surface area contributed by atoms with Crippen LogP contribution in [0.25, 0.3) is 11.0 Å². The molecule has 0 radical (unpaired) electrons. The lowest BCUT2D eigenvalue weighted by Gasteiger charge is -2.26. The summed E-state index contributed by atoms with van der Waals surface area (Å²) in [5.74, 6) is 0.780. The lowest BCUT2D eigenvalue weighted by Crippen LogP contribution is -2.29. The van der Waals surface area contributed by atoms with Crippen LogP contribution >= 0.6 is 0 Å². The van der Waals surface area contributed by atoms with Crippen molar-refractivity contribution in [3.63, 3.8) is 0 Å². The smallest absolute Gasteiger partial charge is 0.295 e. The zero-order valence-electron chi connectivity index (χ0n) is 21.9. The SMILES string of the molecule is COc1cc(C2c3c(oc4ccc(C)cc4c3=O)C(=O)N2c2cccc(C)c2)ccc1OCc1ccccc1. The third kappa shape index (κ3) is 4.34. The molecule has 6 nitrogen and oxygen atoms in total. The number of anilines is 1. The van der Waals surface area contributed by atoms with Crippen LogP contribution in [0.4, 0.5) is 5.69 Å². The second-order valence-electron chi connectivity index (χ2n) is 9.77. The molecule has 0 spiro atoms. The quantitative estimate of drug-likeness (QED) is 0.249. The van der Waals surface area contributed by atoms with Crippen molar-refractivity contribution in [1.29, 1.82) is 0 Å². The maximum atomic E-state index is 13.9. The molecular weight excluding hydrogens is 490 g/mol. The van der Waals surface area contributed by atoms with Crippen LogP contribution in [0.1, 0.15) is 44.4 Å². The Kier molecular flexibility index (Phi) is 6.15. The Labute approximate surface area is 226 Å². The number of hydrogen-bond acceptors (Lipinski definition) is 5. The predicted molar refractivity (Wildman–Crippen MR) is 151 cm³/mol. The average Bonchev–Trinajstić information content (AvgIpc) is 3.25. The summed E-state index contributed by atoms with van der Waals surface area (Å²) < 4.78 is 17.9. The van der Waals surface area contributed by atoms with Crippen molar-refractivity contribution in [3.8, 4) is 11.5 Å². The van der Waals surface area contributed by atoms with Crippen LogP contribution in [-0.2, 0) is 6.61 Å². The van der Waals surface area contributed by atoms with Gasteiger partial charge in [-0.1, -0.05) is 60.2 Å². The topological polar surface area (TPSA) is 69.0 Å². The van der Waals surface area contributed by atoms with E-state index >= 15 is 0 Å².